The zero-order valence-corrected chi connectivity index (χ0v) is 21.2. The Morgan fingerprint density at radius 3 is 2.59 bits per heavy atom. The van der Waals surface area contributed by atoms with Gasteiger partial charge in [0.1, 0.15) is 5.82 Å². The van der Waals surface area contributed by atoms with Crippen molar-refractivity contribution in [2.45, 2.75) is 59.0 Å². The summed E-state index contributed by atoms with van der Waals surface area (Å²) in [5, 5.41) is 18.8. The maximum Gasteiger partial charge on any atom is 0.334 e. The summed E-state index contributed by atoms with van der Waals surface area (Å²) in [7, 11) is 0. The van der Waals surface area contributed by atoms with Crippen molar-refractivity contribution in [2.24, 2.45) is 0 Å². The molecule has 10 nitrogen and oxygen atoms in total. The van der Waals surface area contributed by atoms with E-state index in [0.29, 0.717) is 12.4 Å². The number of rotatable bonds is 11. The van der Waals surface area contributed by atoms with E-state index < -0.39 is 0 Å². The second-order valence-corrected chi connectivity index (χ2v) is 9.08. The van der Waals surface area contributed by atoms with Crippen LogP contribution in [-0.2, 0) is 19.5 Å². The number of aryl methyl sites for hydroxylation is 2. The summed E-state index contributed by atoms with van der Waals surface area (Å²) in [6, 6.07) is 13.9. The first kappa shape index (κ1) is 24.4. The van der Waals surface area contributed by atoms with Crippen LogP contribution in [0.25, 0.3) is 28.3 Å². The van der Waals surface area contributed by atoms with Crippen molar-refractivity contribution in [1.82, 2.24) is 44.5 Å². The molecule has 4 heterocycles. The van der Waals surface area contributed by atoms with Crippen molar-refractivity contribution in [1.29, 1.82) is 0 Å². The predicted octanol–water partition coefficient (Wildman–Crippen LogP) is 4.27. The van der Waals surface area contributed by atoms with Crippen molar-refractivity contribution in [3.05, 3.63) is 82.9 Å². The number of benzene rings is 1. The number of aromatic nitrogens is 9. The largest absolute Gasteiger partial charge is 0.334 e. The predicted molar refractivity (Wildman–Crippen MR) is 141 cm³/mol. The number of hydrogen-bond acceptors (Lipinski definition) is 6. The normalized spacial score (nSPS) is 11.3. The van der Waals surface area contributed by atoms with Crippen molar-refractivity contribution in [2.75, 3.05) is 0 Å². The summed E-state index contributed by atoms with van der Waals surface area (Å²) < 4.78 is 5.48. The molecule has 0 radical (unpaired) electrons. The molecule has 0 fully saturated rings. The summed E-state index contributed by atoms with van der Waals surface area (Å²) in [5.74, 6) is 1.35. The fourth-order valence-electron chi connectivity index (χ4n) is 4.46. The highest BCUT2D eigenvalue weighted by Gasteiger charge is 2.16. The van der Waals surface area contributed by atoms with Crippen LogP contribution in [0.4, 0.5) is 0 Å². The third-order valence-electron chi connectivity index (χ3n) is 6.45. The van der Waals surface area contributed by atoms with Gasteiger partial charge in [-0.15, -0.1) is 10.2 Å². The topological polar surface area (TPSA) is 112 Å². The molecule has 0 aliphatic heterocycles. The smallest absolute Gasteiger partial charge is 0.290 e. The molecule has 0 unspecified atom stereocenters. The fraction of sp³-hybridized carbons (Fsp3) is 0.333. The Hall–Kier alpha value is -4.34. The summed E-state index contributed by atoms with van der Waals surface area (Å²) in [6.07, 6.45) is 10.5. The molecule has 0 saturated carbocycles. The first-order valence-electron chi connectivity index (χ1n) is 12.8. The Labute approximate surface area is 215 Å². The van der Waals surface area contributed by atoms with Crippen molar-refractivity contribution >= 4 is 0 Å². The van der Waals surface area contributed by atoms with Crippen LogP contribution in [0.1, 0.15) is 50.9 Å². The molecule has 190 valence electrons. The highest BCUT2D eigenvalue weighted by Crippen LogP contribution is 2.24. The molecule has 5 rings (SSSR count). The van der Waals surface area contributed by atoms with E-state index in [1.54, 1.807) is 17.0 Å². The van der Waals surface area contributed by atoms with E-state index in [1.165, 1.54) is 0 Å². The van der Waals surface area contributed by atoms with Gasteiger partial charge in [-0.1, -0.05) is 44.9 Å². The second-order valence-electron chi connectivity index (χ2n) is 9.08. The fourth-order valence-corrected chi connectivity index (χ4v) is 4.46. The monoisotopic (exact) mass is 497 g/mol. The van der Waals surface area contributed by atoms with Gasteiger partial charge in [-0.25, -0.2) is 9.48 Å². The van der Waals surface area contributed by atoms with Crippen molar-refractivity contribution in [3.8, 4) is 28.3 Å². The van der Waals surface area contributed by atoms with Gasteiger partial charge in [0.2, 0.25) is 5.82 Å². The first-order chi connectivity index (χ1) is 18.2. The number of imidazole rings is 1. The van der Waals surface area contributed by atoms with Gasteiger partial charge in [0.05, 0.1) is 18.4 Å². The molecule has 0 aliphatic rings. The minimum Gasteiger partial charge on any atom is -0.290 e. The number of aromatic amines is 1. The average Bonchev–Trinajstić information content (AvgIpc) is 3.69. The number of hydrogen-bond donors (Lipinski definition) is 1. The summed E-state index contributed by atoms with van der Waals surface area (Å²) >= 11 is 0. The SMILES string of the molecule is CCCCc1cn(-c2ccnn2CCCC)c(=O)n1Cc1cc(-c2cccc(-c3nn[nH]n3)c2)ccn1. The van der Waals surface area contributed by atoms with Crippen LogP contribution in [-0.4, -0.2) is 44.5 Å². The first-order valence-corrected chi connectivity index (χ1v) is 12.8. The van der Waals surface area contributed by atoms with E-state index in [2.05, 4.69) is 44.6 Å². The molecule has 4 aromatic heterocycles. The second kappa shape index (κ2) is 11.2. The maximum absolute atomic E-state index is 13.6. The molecule has 10 heteroatoms. The summed E-state index contributed by atoms with van der Waals surface area (Å²) in [6.45, 7) is 5.49. The van der Waals surface area contributed by atoms with E-state index in [9.17, 15) is 4.79 Å². The number of pyridine rings is 1. The lowest BCUT2D eigenvalue weighted by atomic mass is 10.0. The molecule has 0 bridgehead atoms. The van der Waals surface area contributed by atoms with Crippen LogP contribution in [0, 0.1) is 0 Å². The van der Waals surface area contributed by atoms with Gasteiger partial charge in [0, 0.05) is 36.3 Å². The van der Waals surface area contributed by atoms with E-state index in [1.807, 2.05) is 57.9 Å². The number of unbranched alkanes of at least 4 members (excludes halogenated alkanes) is 2. The minimum atomic E-state index is -0.0735. The Bertz CT molecular complexity index is 1510. The molecule has 0 aliphatic carbocycles. The molecule has 1 aromatic carbocycles. The van der Waals surface area contributed by atoms with Crippen LogP contribution < -0.4 is 5.69 Å². The minimum absolute atomic E-state index is 0.0735. The maximum atomic E-state index is 13.6. The molecule has 37 heavy (non-hydrogen) atoms. The number of nitrogens with one attached hydrogen (secondary N) is 1. The Balaban J connectivity index is 1.48. The third kappa shape index (κ3) is 5.28. The lowest BCUT2D eigenvalue weighted by molar-refractivity contribution is 0.556. The third-order valence-corrected chi connectivity index (χ3v) is 6.45. The molecule has 0 amide bonds. The van der Waals surface area contributed by atoms with Crippen molar-refractivity contribution < 1.29 is 0 Å². The van der Waals surface area contributed by atoms with Gasteiger partial charge in [0.25, 0.3) is 0 Å². The molecular formula is C27H31N9O. The quantitative estimate of drug-likeness (QED) is 0.292. The van der Waals surface area contributed by atoms with E-state index in [-0.39, 0.29) is 5.69 Å². The van der Waals surface area contributed by atoms with Gasteiger partial charge in [-0.05, 0) is 53.8 Å². The highest BCUT2D eigenvalue weighted by atomic mass is 16.1. The van der Waals surface area contributed by atoms with Crippen LogP contribution in [0.2, 0.25) is 0 Å². The molecule has 0 saturated heterocycles. The number of H-pyrrole nitrogens is 1. The van der Waals surface area contributed by atoms with Crippen molar-refractivity contribution in [3.63, 3.8) is 0 Å². The van der Waals surface area contributed by atoms with Crippen LogP contribution in [0.3, 0.4) is 0 Å². The Morgan fingerprint density at radius 1 is 0.946 bits per heavy atom. The zero-order valence-electron chi connectivity index (χ0n) is 21.2. The van der Waals surface area contributed by atoms with E-state index in [4.69, 9.17) is 0 Å². The van der Waals surface area contributed by atoms with Gasteiger partial charge in [-0.2, -0.15) is 10.3 Å². The highest BCUT2D eigenvalue weighted by molar-refractivity contribution is 5.70. The lowest BCUT2D eigenvalue weighted by Gasteiger charge is -2.09. The van der Waals surface area contributed by atoms with Crippen LogP contribution >= 0.6 is 0 Å². The van der Waals surface area contributed by atoms with Crippen LogP contribution in [0.5, 0.6) is 0 Å². The van der Waals surface area contributed by atoms with E-state index in [0.717, 1.165) is 72.5 Å². The molecule has 1 N–H and O–H groups in total. The Morgan fingerprint density at radius 2 is 1.78 bits per heavy atom. The Kier molecular flexibility index (Phi) is 7.34. The number of tetrazole rings is 1. The van der Waals surface area contributed by atoms with Gasteiger partial charge >= 0.3 is 5.69 Å². The number of nitrogens with zero attached hydrogens (tertiary/aromatic N) is 8. The zero-order chi connectivity index (χ0) is 25.6. The van der Waals surface area contributed by atoms with Gasteiger partial charge < -0.3 is 0 Å². The molecule has 5 aromatic rings. The standard InChI is InChI=1S/C27H31N9O/c1-3-5-10-24-19-35(25-12-14-29-36(25)15-6-4-2)27(37)34(24)18-23-17-21(11-13-28-23)20-8-7-9-22(16-20)26-30-32-33-31-26/h7-9,11-14,16-17,19H,3-6,10,15,18H2,1-2H3,(H,30,31,32,33). The summed E-state index contributed by atoms with van der Waals surface area (Å²) in [5.41, 5.74) is 4.65. The van der Waals surface area contributed by atoms with Gasteiger partial charge in [-0.3, -0.25) is 14.1 Å². The molecular weight excluding hydrogens is 466 g/mol. The molecule has 0 atom stereocenters. The average molecular weight is 498 g/mol. The van der Waals surface area contributed by atoms with Gasteiger partial charge in [0.15, 0.2) is 0 Å². The summed E-state index contributed by atoms with van der Waals surface area (Å²) in [4.78, 5) is 18.2. The lowest BCUT2D eigenvalue weighted by Crippen LogP contribution is -2.26. The molecule has 0 spiro atoms. The van der Waals surface area contributed by atoms with Crippen LogP contribution in [0.15, 0.2) is 65.8 Å². The van der Waals surface area contributed by atoms with E-state index >= 15 is 0 Å².